The lowest BCUT2D eigenvalue weighted by atomic mass is 9.96. The third-order valence-electron chi connectivity index (χ3n) is 2.17. The van der Waals surface area contributed by atoms with Gasteiger partial charge in [-0.05, 0) is 6.42 Å². The van der Waals surface area contributed by atoms with E-state index < -0.39 is 30.6 Å². The minimum atomic E-state index is -1.19. The molecule has 72 valence electrons. The van der Waals surface area contributed by atoms with E-state index in [2.05, 4.69) is 0 Å². The van der Waals surface area contributed by atoms with Gasteiger partial charge < -0.3 is 25.8 Å². The molecule has 0 aromatic rings. The van der Waals surface area contributed by atoms with E-state index in [9.17, 15) is 10.2 Å². The van der Waals surface area contributed by atoms with Crippen LogP contribution in [0.25, 0.3) is 0 Å². The maximum Gasteiger partial charge on any atom is 0.172 e. The summed E-state index contributed by atoms with van der Waals surface area (Å²) in [5.41, 5.74) is 5.34. The normalized spacial score (nSPS) is 49.2. The van der Waals surface area contributed by atoms with Crippen LogP contribution in [0.3, 0.4) is 0 Å². The summed E-state index contributed by atoms with van der Waals surface area (Å²) in [5, 5.41) is 27.8. The molecule has 1 heterocycles. The third kappa shape index (κ3) is 1.60. The summed E-state index contributed by atoms with van der Waals surface area (Å²) in [4.78, 5) is 0. The fourth-order valence-corrected chi connectivity index (χ4v) is 1.30. The van der Waals surface area contributed by atoms with Crippen molar-refractivity contribution in [3.63, 3.8) is 0 Å². The minimum absolute atomic E-state index is 0.530. The Morgan fingerprint density at radius 1 is 1.25 bits per heavy atom. The maximum absolute atomic E-state index is 9.36. The van der Waals surface area contributed by atoms with E-state index in [-0.39, 0.29) is 0 Å². The van der Waals surface area contributed by atoms with E-state index in [1.54, 1.807) is 6.92 Å². The Hall–Kier alpha value is -0.200. The standard InChI is InChI=1S/C7H15NO4/c1-2-3-5(9)6(10)4(8)7(11)12-3/h3-7,9-11H,2,8H2,1H3/t3-,4-,5+,6-,7-/m1/s1. The van der Waals surface area contributed by atoms with E-state index in [0.717, 1.165) is 0 Å². The molecule has 0 bridgehead atoms. The van der Waals surface area contributed by atoms with Gasteiger partial charge >= 0.3 is 0 Å². The molecule has 0 radical (unpaired) electrons. The molecule has 1 rings (SSSR count). The van der Waals surface area contributed by atoms with E-state index in [0.29, 0.717) is 6.42 Å². The molecule has 0 saturated carbocycles. The van der Waals surface area contributed by atoms with Crippen molar-refractivity contribution < 1.29 is 20.1 Å². The fourth-order valence-electron chi connectivity index (χ4n) is 1.30. The van der Waals surface area contributed by atoms with Crippen LogP contribution in [0.1, 0.15) is 13.3 Å². The fraction of sp³-hybridized carbons (Fsp3) is 1.00. The topological polar surface area (TPSA) is 95.9 Å². The van der Waals surface area contributed by atoms with Crippen LogP contribution >= 0.6 is 0 Å². The Bertz CT molecular complexity index is 150. The molecule has 0 aromatic heterocycles. The molecule has 1 aliphatic heterocycles. The second-order valence-electron chi connectivity index (χ2n) is 3.03. The molecule has 5 N–H and O–H groups in total. The van der Waals surface area contributed by atoms with Crippen LogP contribution in [0.15, 0.2) is 0 Å². The van der Waals surface area contributed by atoms with Crippen LogP contribution in [0.5, 0.6) is 0 Å². The van der Waals surface area contributed by atoms with Crippen molar-refractivity contribution in [2.75, 3.05) is 0 Å². The molecule has 1 saturated heterocycles. The Labute approximate surface area is 70.8 Å². The van der Waals surface area contributed by atoms with Gasteiger partial charge in [0.15, 0.2) is 6.29 Å². The van der Waals surface area contributed by atoms with Gasteiger partial charge in [-0.15, -0.1) is 0 Å². The van der Waals surface area contributed by atoms with Crippen molar-refractivity contribution in [1.29, 1.82) is 0 Å². The van der Waals surface area contributed by atoms with Crippen LogP contribution in [-0.4, -0.2) is 46.0 Å². The van der Waals surface area contributed by atoms with Crippen LogP contribution in [0.4, 0.5) is 0 Å². The summed E-state index contributed by atoms with van der Waals surface area (Å²) in [5.74, 6) is 0. The highest BCUT2D eigenvalue weighted by molar-refractivity contribution is 4.90. The Kier molecular flexibility index (Phi) is 3.03. The summed E-state index contributed by atoms with van der Waals surface area (Å²) >= 11 is 0. The smallest absolute Gasteiger partial charge is 0.172 e. The largest absolute Gasteiger partial charge is 0.388 e. The average molecular weight is 177 g/mol. The summed E-state index contributed by atoms with van der Waals surface area (Å²) in [6, 6.07) is -0.928. The lowest BCUT2D eigenvalue weighted by molar-refractivity contribution is -0.242. The highest BCUT2D eigenvalue weighted by Crippen LogP contribution is 2.20. The zero-order valence-corrected chi connectivity index (χ0v) is 6.92. The first-order valence-electron chi connectivity index (χ1n) is 4.03. The van der Waals surface area contributed by atoms with Gasteiger partial charge in [0.1, 0.15) is 12.2 Å². The number of rotatable bonds is 1. The molecule has 0 aliphatic carbocycles. The number of hydrogen-bond donors (Lipinski definition) is 4. The molecule has 5 heteroatoms. The van der Waals surface area contributed by atoms with Gasteiger partial charge in [-0.3, -0.25) is 0 Å². The van der Waals surface area contributed by atoms with Crippen molar-refractivity contribution in [3.8, 4) is 0 Å². The van der Waals surface area contributed by atoms with E-state index in [1.165, 1.54) is 0 Å². The molecular weight excluding hydrogens is 162 g/mol. The summed E-state index contributed by atoms with van der Waals surface area (Å²) in [6.45, 7) is 1.80. The van der Waals surface area contributed by atoms with E-state index in [1.807, 2.05) is 0 Å². The second kappa shape index (κ2) is 3.68. The monoisotopic (exact) mass is 177 g/mol. The van der Waals surface area contributed by atoms with Crippen LogP contribution < -0.4 is 5.73 Å². The van der Waals surface area contributed by atoms with Gasteiger partial charge in [-0.2, -0.15) is 0 Å². The third-order valence-corrected chi connectivity index (χ3v) is 2.17. The van der Waals surface area contributed by atoms with Crippen LogP contribution in [0.2, 0.25) is 0 Å². The van der Waals surface area contributed by atoms with Gasteiger partial charge in [0.25, 0.3) is 0 Å². The summed E-state index contributed by atoms with van der Waals surface area (Å²) in [6.07, 6.45) is -3.31. The van der Waals surface area contributed by atoms with Gasteiger partial charge in [0, 0.05) is 0 Å². The molecule has 0 amide bonds. The molecule has 0 unspecified atom stereocenters. The zero-order chi connectivity index (χ0) is 9.30. The van der Waals surface area contributed by atoms with E-state index >= 15 is 0 Å². The average Bonchev–Trinajstić information content (AvgIpc) is 2.08. The predicted octanol–water partition coefficient (Wildman–Crippen LogP) is -1.84. The van der Waals surface area contributed by atoms with E-state index in [4.69, 9.17) is 15.6 Å². The predicted molar refractivity (Wildman–Crippen MR) is 41.2 cm³/mol. The van der Waals surface area contributed by atoms with Gasteiger partial charge in [-0.25, -0.2) is 0 Å². The summed E-state index contributed by atoms with van der Waals surface area (Å²) < 4.78 is 4.95. The zero-order valence-electron chi connectivity index (χ0n) is 6.92. The first-order chi connectivity index (χ1) is 5.57. The summed E-state index contributed by atoms with van der Waals surface area (Å²) in [7, 11) is 0. The quantitative estimate of drug-likeness (QED) is 0.377. The number of aliphatic hydroxyl groups excluding tert-OH is 3. The highest BCUT2D eigenvalue weighted by Gasteiger charge is 2.40. The first kappa shape index (κ1) is 9.88. The first-order valence-corrected chi connectivity index (χ1v) is 4.03. The van der Waals surface area contributed by atoms with Crippen molar-refractivity contribution in [2.24, 2.45) is 5.73 Å². The highest BCUT2D eigenvalue weighted by atomic mass is 16.6. The number of aliphatic hydroxyl groups is 3. The Morgan fingerprint density at radius 3 is 2.33 bits per heavy atom. The molecule has 0 spiro atoms. The second-order valence-corrected chi connectivity index (χ2v) is 3.03. The van der Waals surface area contributed by atoms with Crippen molar-refractivity contribution in [1.82, 2.24) is 0 Å². The maximum atomic E-state index is 9.36. The van der Waals surface area contributed by atoms with Crippen molar-refractivity contribution >= 4 is 0 Å². The molecule has 12 heavy (non-hydrogen) atoms. The molecule has 0 aromatic carbocycles. The number of nitrogens with two attached hydrogens (primary N) is 1. The number of hydrogen-bond acceptors (Lipinski definition) is 5. The van der Waals surface area contributed by atoms with Crippen molar-refractivity contribution in [3.05, 3.63) is 0 Å². The SMILES string of the molecule is CC[C@H]1O[C@@H](O)[C@H](N)[C@@H](O)[C@H]1O. The lowest BCUT2D eigenvalue weighted by Gasteiger charge is -2.38. The van der Waals surface area contributed by atoms with Crippen LogP contribution in [-0.2, 0) is 4.74 Å². The molecule has 1 aliphatic rings. The molecular formula is C7H15NO4. The minimum Gasteiger partial charge on any atom is -0.388 e. The lowest BCUT2D eigenvalue weighted by Crippen LogP contribution is -2.60. The van der Waals surface area contributed by atoms with Gasteiger partial charge in [0.05, 0.1) is 12.1 Å². The van der Waals surface area contributed by atoms with Crippen molar-refractivity contribution in [2.45, 2.75) is 44.0 Å². The molecule has 5 atom stereocenters. The molecule has 1 fully saturated rings. The van der Waals surface area contributed by atoms with Crippen LogP contribution in [0, 0.1) is 0 Å². The molecule has 5 nitrogen and oxygen atoms in total. The van der Waals surface area contributed by atoms with Gasteiger partial charge in [0.2, 0.25) is 0 Å². The Balaban J connectivity index is 2.63. The number of ether oxygens (including phenoxy) is 1. The van der Waals surface area contributed by atoms with Gasteiger partial charge in [-0.1, -0.05) is 6.92 Å². The Morgan fingerprint density at radius 2 is 1.83 bits per heavy atom.